The van der Waals surface area contributed by atoms with Gasteiger partial charge < -0.3 is 9.64 Å². The second-order valence-corrected chi connectivity index (χ2v) is 5.20. The van der Waals surface area contributed by atoms with Gasteiger partial charge in [0.05, 0.1) is 19.0 Å². The van der Waals surface area contributed by atoms with Gasteiger partial charge in [-0.3, -0.25) is 4.79 Å². The van der Waals surface area contributed by atoms with Gasteiger partial charge in [0.15, 0.2) is 0 Å². The maximum Gasteiger partial charge on any atom is 0.222 e. The highest BCUT2D eigenvalue weighted by Crippen LogP contribution is 2.02. The number of ether oxygens (including phenoxy) is 1. The van der Waals surface area contributed by atoms with E-state index in [4.69, 9.17) is 9.88 Å². The third-order valence-electron chi connectivity index (χ3n) is 2.18. The molecule has 0 aromatic rings. The third kappa shape index (κ3) is 5.10. The second-order valence-electron chi connectivity index (χ2n) is 3.46. The summed E-state index contributed by atoms with van der Waals surface area (Å²) in [5.41, 5.74) is 0. The van der Waals surface area contributed by atoms with E-state index in [9.17, 15) is 13.2 Å². The molecular formula is C8H16N2O4S. The SMILES string of the molecule is NS(=O)(=O)CCCC(=O)N1CCOCC1. The minimum Gasteiger partial charge on any atom is -0.378 e. The Morgan fingerprint density at radius 2 is 1.93 bits per heavy atom. The van der Waals surface area contributed by atoms with Crippen molar-refractivity contribution in [3.05, 3.63) is 0 Å². The highest BCUT2D eigenvalue weighted by Gasteiger charge is 2.16. The van der Waals surface area contributed by atoms with Crippen molar-refractivity contribution in [1.82, 2.24) is 4.90 Å². The average Bonchev–Trinajstić information content (AvgIpc) is 2.17. The third-order valence-corrected chi connectivity index (χ3v) is 3.04. The molecule has 1 aliphatic rings. The summed E-state index contributed by atoms with van der Waals surface area (Å²) in [7, 11) is -3.45. The van der Waals surface area contributed by atoms with Crippen LogP contribution in [0.4, 0.5) is 0 Å². The molecule has 1 rings (SSSR count). The highest BCUT2D eigenvalue weighted by atomic mass is 32.2. The van der Waals surface area contributed by atoms with Gasteiger partial charge in [-0.15, -0.1) is 0 Å². The van der Waals surface area contributed by atoms with Gasteiger partial charge in [0.25, 0.3) is 0 Å². The molecule has 2 N–H and O–H groups in total. The molecule has 0 aliphatic carbocycles. The van der Waals surface area contributed by atoms with Crippen LogP contribution in [0.25, 0.3) is 0 Å². The first-order chi connectivity index (χ1) is 6.99. The van der Waals surface area contributed by atoms with Crippen molar-refractivity contribution < 1.29 is 17.9 Å². The number of morpholine rings is 1. The lowest BCUT2D eigenvalue weighted by Gasteiger charge is -2.26. The fraction of sp³-hybridized carbons (Fsp3) is 0.875. The first-order valence-electron chi connectivity index (χ1n) is 4.85. The van der Waals surface area contributed by atoms with E-state index < -0.39 is 10.0 Å². The quantitative estimate of drug-likeness (QED) is 0.672. The summed E-state index contributed by atoms with van der Waals surface area (Å²) in [5, 5.41) is 4.83. The predicted octanol–water partition coefficient (Wildman–Crippen LogP) is -1.09. The number of nitrogens with zero attached hydrogens (tertiary/aromatic N) is 1. The fourth-order valence-electron chi connectivity index (χ4n) is 1.40. The predicted molar refractivity (Wildman–Crippen MR) is 54.6 cm³/mol. The zero-order chi connectivity index (χ0) is 11.3. The van der Waals surface area contributed by atoms with Gasteiger partial charge in [0, 0.05) is 19.5 Å². The van der Waals surface area contributed by atoms with Gasteiger partial charge in [-0.1, -0.05) is 0 Å². The number of amides is 1. The molecule has 6 nitrogen and oxygen atoms in total. The van der Waals surface area contributed by atoms with E-state index >= 15 is 0 Å². The zero-order valence-electron chi connectivity index (χ0n) is 8.52. The van der Waals surface area contributed by atoms with Crippen LogP contribution in [0.2, 0.25) is 0 Å². The van der Waals surface area contributed by atoms with Crippen molar-refractivity contribution in [2.75, 3.05) is 32.1 Å². The van der Waals surface area contributed by atoms with Gasteiger partial charge in [-0.2, -0.15) is 0 Å². The summed E-state index contributed by atoms with van der Waals surface area (Å²) in [6.07, 6.45) is 0.519. The zero-order valence-corrected chi connectivity index (χ0v) is 9.33. The maximum atomic E-state index is 11.5. The number of rotatable bonds is 4. The maximum absolute atomic E-state index is 11.5. The molecule has 0 aromatic heterocycles. The molecule has 0 atom stereocenters. The van der Waals surface area contributed by atoms with Crippen LogP contribution in [0, 0.1) is 0 Å². The molecule has 88 valence electrons. The molecule has 0 unspecified atom stereocenters. The molecule has 0 saturated carbocycles. The molecule has 0 bridgehead atoms. The largest absolute Gasteiger partial charge is 0.378 e. The van der Waals surface area contributed by atoms with Crippen LogP contribution >= 0.6 is 0 Å². The fourth-order valence-corrected chi connectivity index (χ4v) is 1.94. The van der Waals surface area contributed by atoms with Crippen molar-refractivity contribution in [3.63, 3.8) is 0 Å². The Morgan fingerprint density at radius 3 is 2.47 bits per heavy atom. The number of hydrogen-bond acceptors (Lipinski definition) is 4. The van der Waals surface area contributed by atoms with Crippen molar-refractivity contribution >= 4 is 15.9 Å². The van der Waals surface area contributed by atoms with Crippen LogP contribution in [-0.2, 0) is 19.6 Å². The van der Waals surface area contributed by atoms with Gasteiger partial charge >= 0.3 is 0 Å². The Morgan fingerprint density at radius 1 is 1.33 bits per heavy atom. The van der Waals surface area contributed by atoms with Crippen LogP contribution in [0.1, 0.15) is 12.8 Å². The number of carbonyl (C=O) groups excluding carboxylic acids is 1. The lowest BCUT2D eigenvalue weighted by atomic mass is 10.3. The van der Waals surface area contributed by atoms with Crippen molar-refractivity contribution in [1.29, 1.82) is 0 Å². The minimum atomic E-state index is -3.45. The molecule has 0 aromatic carbocycles. The first kappa shape index (κ1) is 12.4. The van der Waals surface area contributed by atoms with Crippen molar-refractivity contribution in [3.8, 4) is 0 Å². The molecule has 7 heteroatoms. The summed E-state index contributed by atoms with van der Waals surface area (Å²) >= 11 is 0. The topological polar surface area (TPSA) is 89.7 Å². The number of sulfonamides is 1. The minimum absolute atomic E-state index is 0.0260. The average molecular weight is 236 g/mol. The van der Waals surface area contributed by atoms with Crippen LogP contribution < -0.4 is 5.14 Å². The van der Waals surface area contributed by atoms with E-state index in [1.807, 2.05) is 0 Å². The van der Waals surface area contributed by atoms with E-state index in [-0.39, 0.29) is 24.5 Å². The molecule has 15 heavy (non-hydrogen) atoms. The van der Waals surface area contributed by atoms with Gasteiger partial charge in [-0.25, -0.2) is 13.6 Å². The molecule has 1 aliphatic heterocycles. The molecule has 0 radical (unpaired) electrons. The van der Waals surface area contributed by atoms with E-state index in [1.54, 1.807) is 4.90 Å². The van der Waals surface area contributed by atoms with Gasteiger partial charge in [0.1, 0.15) is 0 Å². The molecular weight excluding hydrogens is 220 g/mol. The summed E-state index contributed by atoms with van der Waals surface area (Å²) in [5.74, 6) is -0.162. The smallest absolute Gasteiger partial charge is 0.222 e. The van der Waals surface area contributed by atoms with Crippen molar-refractivity contribution in [2.45, 2.75) is 12.8 Å². The van der Waals surface area contributed by atoms with E-state index in [0.717, 1.165) is 0 Å². The van der Waals surface area contributed by atoms with Crippen LogP contribution in [0.15, 0.2) is 0 Å². The number of primary sulfonamides is 1. The van der Waals surface area contributed by atoms with Crippen LogP contribution in [0.3, 0.4) is 0 Å². The van der Waals surface area contributed by atoms with E-state index in [1.165, 1.54) is 0 Å². The Labute approximate surface area is 89.4 Å². The number of nitrogens with two attached hydrogens (primary N) is 1. The summed E-state index contributed by atoms with van der Waals surface area (Å²) in [4.78, 5) is 13.2. The summed E-state index contributed by atoms with van der Waals surface area (Å²) in [6.45, 7) is 2.30. The molecule has 1 saturated heterocycles. The summed E-state index contributed by atoms with van der Waals surface area (Å²) < 4.78 is 26.3. The monoisotopic (exact) mass is 236 g/mol. The highest BCUT2D eigenvalue weighted by molar-refractivity contribution is 7.89. The number of hydrogen-bond donors (Lipinski definition) is 1. The normalized spacial score (nSPS) is 17.8. The van der Waals surface area contributed by atoms with Crippen molar-refractivity contribution in [2.24, 2.45) is 5.14 Å². The molecule has 0 spiro atoms. The van der Waals surface area contributed by atoms with Crippen LogP contribution in [0.5, 0.6) is 0 Å². The molecule has 1 heterocycles. The first-order valence-corrected chi connectivity index (χ1v) is 6.56. The second kappa shape index (κ2) is 5.43. The van der Waals surface area contributed by atoms with Gasteiger partial charge in [0.2, 0.25) is 15.9 Å². The van der Waals surface area contributed by atoms with E-state index in [2.05, 4.69) is 0 Å². The Kier molecular flexibility index (Phi) is 4.49. The molecule has 1 amide bonds. The number of carbonyl (C=O) groups is 1. The Hall–Kier alpha value is -0.660. The Bertz CT molecular complexity index is 309. The lowest BCUT2D eigenvalue weighted by Crippen LogP contribution is -2.40. The lowest BCUT2D eigenvalue weighted by molar-refractivity contribution is -0.135. The molecule has 1 fully saturated rings. The van der Waals surface area contributed by atoms with E-state index in [0.29, 0.717) is 26.3 Å². The summed E-state index contributed by atoms with van der Waals surface area (Å²) in [6, 6.07) is 0. The van der Waals surface area contributed by atoms with Gasteiger partial charge in [-0.05, 0) is 6.42 Å². The van der Waals surface area contributed by atoms with Crippen LogP contribution in [-0.4, -0.2) is 51.3 Å². The Balaban J connectivity index is 2.23. The standard InChI is InChI=1S/C8H16N2O4S/c9-15(12,13)7-1-2-8(11)10-3-5-14-6-4-10/h1-7H2,(H2,9,12,13).